The molecule has 1 atom stereocenters. The number of hydrogen-bond acceptors (Lipinski definition) is 4. The average Bonchev–Trinajstić information content (AvgIpc) is 2.48. The standard InChI is InChI=1S/C15H22ClN3O3S/c1-12(15(20)18-10-8-17(2)9-11-18)19(23(3,21)22)14-6-4-13(16)5-7-14/h4-7,12H,8-11H2,1-3H3/t12-/m0/s1. The van der Waals surface area contributed by atoms with Crippen molar-refractivity contribution in [1.29, 1.82) is 0 Å². The molecular weight excluding hydrogens is 338 g/mol. The second-order valence-electron chi connectivity index (χ2n) is 5.84. The Morgan fingerprint density at radius 2 is 1.70 bits per heavy atom. The van der Waals surface area contributed by atoms with E-state index in [1.807, 2.05) is 7.05 Å². The number of carbonyl (C=O) groups excluding carboxylic acids is 1. The molecule has 1 saturated heterocycles. The quantitative estimate of drug-likeness (QED) is 0.812. The number of anilines is 1. The molecule has 0 unspecified atom stereocenters. The van der Waals surface area contributed by atoms with Gasteiger partial charge in [0.05, 0.1) is 11.9 Å². The largest absolute Gasteiger partial charge is 0.338 e. The van der Waals surface area contributed by atoms with Crippen LogP contribution >= 0.6 is 11.6 Å². The molecule has 0 aromatic heterocycles. The predicted octanol–water partition coefficient (Wildman–Crippen LogP) is 1.27. The van der Waals surface area contributed by atoms with Gasteiger partial charge in [-0.15, -0.1) is 0 Å². The highest BCUT2D eigenvalue weighted by molar-refractivity contribution is 7.92. The second-order valence-corrected chi connectivity index (χ2v) is 8.14. The van der Waals surface area contributed by atoms with E-state index in [2.05, 4.69) is 4.90 Å². The fourth-order valence-electron chi connectivity index (χ4n) is 2.68. The lowest BCUT2D eigenvalue weighted by molar-refractivity contribution is -0.133. The van der Waals surface area contributed by atoms with Crippen molar-refractivity contribution in [2.45, 2.75) is 13.0 Å². The third kappa shape index (κ3) is 4.37. The molecule has 23 heavy (non-hydrogen) atoms. The lowest BCUT2D eigenvalue weighted by Crippen LogP contribution is -2.54. The Hall–Kier alpha value is -1.31. The van der Waals surface area contributed by atoms with E-state index in [9.17, 15) is 13.2 Å². The van der Waals surface area contributed by atoms with Crippen LogP contribution in [0, 0.1) is 0 Å². The Kier molecular flexibility index (Phi) is 5.54. The van der Waals surface area contributed by atoms with Crippen LogP contribution in [0.4, 0.5) is 5.69 Å². The maximum absolute atomic E-state index is 12.7. The molecule has 1 aliphatic rings. The molecule has 0 radical (unpaired) electrons. The van der Waals surface area contributed by atoms with Gasteiger partial charge in [0, 0.05) is 31.2 Å². The van der Waals surface area contributed by atoms with E-state index in [-0.39, 0.29) is 5.91 Å². The summed E-state index contributed by atoms with van der Waals surface area (Å²) in [6.45, 7) is 4.42. The SMILES string of the molecule is C[C@@H](C(=O)N1CCN(C)CC1)N(c1ccc(Cl)cc1)S(C)(=O)=O. The molecule has 1 aromatic rings. The molecule has 1 heterocycles. The van der Waals surface area contributed by atoms with Crippen molar-refractivity contribution >= 4 is 33.2 Å². The minimum Gasteiger partial charge on any atom is -0.338 e. The van der Waals surface area contributed by atoms with Crippen LogP contribution in [0.1, 0.15) is 6.92 Å². The second kappa shape index (κ2) is 7.07. The third-order valence-corrected chi connectivity index (χ3v) is 5.46. The summed E-state index contributed by atoms with van der Waals surface area (Å²) in [5, 5.41) is 0.514. The Morgan fingerprint density at radius 3 is 2.17 bits per heavy atom. The molecular formula is C15H22ClN3O3S. The van der Waals surface area contributed by atoms with E-state index in [0.717, 1.165) is 23.7 Å². The van der Waals surface area contributed by atoms with Crippen molar-refractivity contribution in [3.05, 3.63) is 29.3 Å². The first-order valence-corrected chi connectivity index (χ1v) is 9.65. The number of nitrogens with zero attached hydrogens (tertiary/aromatic N) is 3. The van der Waals surface area contributed by atoms with Gasteiger partial charge in [-0.3, -0.25) is 9.10 Å². The maximum atomic E-state index is 12.7. The summed E-state index contributed by atoms with van der Waals surface area (Å²) in [7, 11) is -1.59. The van der Waals surface area contributed by atoms with Crippen LogP contribution in [0.15, 0.2) is 24.3 Å². The number of sulfonamides is 1. The normalized spacial score (nSPS) is 17.8. The maximum Gasteiger partial charge on any atom is 0.246 e. The molecule has 1 amide bonds. The van der Waals surface area contributed by atoms with E-state index in [4.69, 9.17) is 11.6 Å². The highest BCUT2D eigenvalue weighted by Gasteiger charge is 2.32. The van der Waals surface area contributed by atoms with Crippen LogP contribution in [0.3, 0.4) is 0 Å². The van der Waals surface area contributed by atoms with E-state index in [0.29, 0.717) is 23.8 Å². The lowest BCUT2D eigenvalue weighted by Gasteiger charge is -2.36. The summed E-state index contributed by atoms with van der Waals surface area (Å²) >= 11 is 5.86. The van der Waals surface area contributed by atoms with E-state index < -0.39 is 16.1 Å². The monoisotopic (exact) mass is 359 g/mol. The zero-order chi connectivity index (χ0) is 17.2. The van der Waals surface area contributed by atoms with E-state index in [1.165, 1.54) is 0 Å². The molecule has 1 aliphatic heterocycles. The Bertz CT molecular complexity index is 655. The number of carbonyl (C=O) groups is 1. The Morgan fingerprint density at radius 1 is 1.17 bits per heavy atom. The topological polar surface area (TPSA) is 60.9 Å². The summed E-state index contributed by atoms with van der Waals surface area (Å²) in [6, 6.07) is 5.65. The average molecular weight is 360 g/mol. The number of piperazine rings is 1. The molecule has 0 aliphatic carbocycles. The van der Waals surface area contributed by atoms with Crippen LogP contribution in [0.25, 0.3) is 0 Å². The minimum atomic E-state index is -3.59. The summed E-state index contributed by atoms with van der Waals surface area (Å²) in [4.78, 5) is 16.6. The van der Waals surface area contributed by atoms with Gasteiger partial charge in [-0.05, 0) is 38.2 Å². The highest BCUT2D eigenvalue weighted by atomic mass is 35.5. The minimum absolute atomic E-state index is 0.182. The van der Waals surface area contributed by atoms with Crippen LogP contribution in [0.5, 0.6) is 0 Å². The van der Waals surface area contributed by atoms with Gasteiger partial charge < -0.3 is 9.80 Å². The van der Waals surface area contributed by atoms with Gasteiger partial charge in [-0.25, -0.2) is 8.42 Å². The number of hydrogen-bond donors (Lipinski definition) is 0. The fourth-order valence-corrected chi connectivity index (χ4v) is 3.98. The van der Waals surface area contributed by atoms with Crippen LogP contribution in [-0.4, -0.2) is 69.6 Å². The number of benzene rings is 1. The van der Waals surface area contributed by atoms with Gasteiger partial charge in [0.15, 0.2) is 0 Å². The smallest absolute Gasteiger partial charge is 0.246 e. The van der Waals surface area contributed by atoms with E-state index >= 15 is 0 Å². The first kappa shape index (κ1) is 18.0. The molecule has 0 saturated carbocycles. The first-order chi connectivity index (χ1) is 10.7. The highest BCUT2D eigenvalue weighted by Crippen LogP contribution is 2.24. The lowest BCUT2D eigenvalue weighted by atomic mass is 10.2. The van der Waals surface area contributed by atoms with Crippen molar-refractivity contribution in [3.8, 4) is 0 Å². The fraction of sp³-hybridized carbons (Fsp3) is 0.533. The molecule has 0 N–H and O–H groups in total. The molecule has 1 aromatic carbocycles. The molecule has 2 rings (SSSR count). The van der Waals surface area contributed by atoms with Crippen molar-refractivity contribution in [1.82, 2.24) is 9.80 Å². The van der Waals surface area contributed by atoms with Crippen molar-refractivity contribution in [3.63, 3.8) is 0 Å². The number of likely N-dealkylation sites (N-methyl/N-ethyl adjacent to an activating group) is 1. The molecule has 128 valence electrons. The van der Waals surface area contributed by atoms with E-state index in [1.54, 1.807) is 36.1 Å². The first-order valence-electron chi connectivity index (χ1n) is 7.42. The number of halogens is 1. The van der Waals surface area contributed by atoms with Gasteiger partial charge in [0.1, 0.15) is 6.04 Å². The summed E-state index contributed by atoms with van der Waals surface area (Å²) in [5.74, 6) is -0.182. The zero-order valence-electron chi connectivity index (χ0n) is 13.6. The molecule has 0 bridgehead atoms. The number of amides is 1. The Balaban J connectivity index is 2.25. The molecule has 8 heteroatoms. The van der Waals surface area contributed by atoms with Crippen molar-refractivity contribution in [2.24, 2.45) is 0 Å². The van der Waals surface area contributed by atoms with Gasteiger partial charge in [-0.2, -0.15) is 0 Å². The summed E-state index contributed by atoms with van der Waals surface area (Å²) < 4.78 is 25.6. The summed E-state index contributed by atoms with van der Waals surface area (Å²) in [6.07, 6.45) is 1.11. The predicted molar refractivity (Wildman–Crippen MR) is 92.3 cm³/mol. The van der Waals surface area contributed by atoms with Crippen molar-refractivity contribution < 1.29 is 13.2 Å². The van der Waals surface area contributed by atoms with Gasteiger partial charge in [0.2, 0.25) is 15.9 Å². The summed E-state index contributed by atoms with van der Waals surface area (Å²) in [5.41, 5.74) is 0.437. The molecule has 6 nitrogen and oxygen atoms in total. The third-order valence-electron chi connectivity index (χ3n) is 3.96. The van der Waals surface area contributed by atoms with Crippen molar-refractivity contribution in [2.75, 3.05) is 43.8 Å². The van der Waals surface area contributed by atoms with Crippen LogP contribution < -0.4 is 4.31 Å². The number of rotatable bonds is 4. The molecule has 1 fully saturated rings. The zero-order valence-corrected chi connectivity index (χ0v) is 15.1. The van der Waals surface area contributed by atoms with Gasteiger partial charge >= 0.3 is 0 Å². The van der Waals surface area contributed by atoms with Crippen LogP contribution in [-0.2, 0) is 14.8 Å². The molecule has 0 spiro atoms. The Labute approximate surface area is 142 Å². The van der Waals surface area contributed by atoms with Gasteiger partial charge in [0.25, 0.3) is 0 Å². The van der Waals surface area contributed by atoms with Gasteiger partial charge in [-0.1, -0.05) is 11.6 Å². The van der Waals surface area contributed by atoms with Crippen LogP contribution in [0.2, 0.25) is 5.02 Å².